The van der Waals surface area contributed by atoms with Gasteiger partial charge in [0.25, 0.3) is 0 Å². The van der Waals surface area contributed by atoms with Crippen molar-refractivity contribution in [2.24, 2.45) is 17.2 Å². The average molecular weight is 278 g/mol. The van der Waals surface area contributed by atoms with Crippen molar-refractivity contribution in [3.63, 3.8) is 0 Å². The molecule has 1 aromatic carbocycles. The van der Waals surface area contributed by atoms with Gasteiger partial charge in [0.15, 0.2) is 5.78 Å². The summed E-state index contributed by atoms with van der Waals surface area (Å²) in [6.45, 7) is 0. The SMILES string of the molecule is NC(=O)C1Sc2c(N)ccc3c2C1C(N)C(=O)C3N. The van der Waals surface area contributed by atoms with Crippen LogP contribution in [-0.4, -0.2) is 23.0 Å². The first-order chi connectivity index (χ1) is 8.93. The highest BCUT2D eigenvalue weighted by atomic mass is 32.2. The zero-order valence-corrected chi connectivity index (χ0v) is 10.8. The molecular weight excluding hydrogens is 264 g/mol. The van der Waals surface area contributed by atoms with Crippen LogP contribution in [0, 0.1) is 0 Å². The molecule has 4 unspecified atom stereocenters. The maximum absolute atomic E-state index is 12.1. The van der Waals surface area contributed by atoms with E-state index in [1.54, 1.807) is 12.1 Å². The van der Waals surface area contributed by atoms with Crippen molar-refractivity contribution in [1.29, 1.82) is 0 Å². The third-order valence-corrected chi connectivity index (χ3v) is 5.27. The number of primary amides is 1. The molecule has 100 valence electrons. The number of hydrogen-bond acceptors (Lipinski definition) is 6. The molecule has 2 aliphatic rings. The summed E-state index contributed by atoms with van der Waals surface area (Å²) < 4.78 is 0. The largest absolute Gasteiger partial charge is 0.398 e. The number of benzene rings is 1. The van der Waals surface area contributed by atoms with Crippen molar-refractivity contribution in [3.8, 4) is 0 Å². The van der Waals surface area contributed by atoms with Gasteiger partial charge >= 0.3 is 0 Å². The Hall–Kier alpha value is -1.57. The van der Waals surface area contributed by atoms with Crippen LogP contribution in [0.3, 0.4) is 0 Å². The van der Waals surface area contributed by atoms with Gasteiger partial charge in [-0.2, -0.15) is 0 Å². The van der Waals surface area contributed by atoms with Crippen molar-refractivity contribution < 1.29 is 9.59 Å². The first-order valence-corrected chi connectivity index (χ1v) is 6.74. The molecule has 1 amide bonds. The van der Waals surface area contributed by atoms with Gasteiger partial charge in [-0.25, -0.2) is 0 Å². The summed E-state index contributed by atoms with van der Waals surface area (Å²) in [5.74, 6) is -1.18. The van der Waals surface area contributed by atoms with E-state index in [4.69, 9.17) is 22.9 Å². The predicted molar refractivity (Wildman–Crippen MR) is 72.3 cm³/mol. The lowest BCUT2D eigenvalue weighted by molar-refractivity contribution is -0.123. The van der Waals surface area contributed by atoms with Gasteiger partial charge in [0.1, 0.15) is 0 Å². The Morgan fingerprint density at radius 1 is 1.26 bits per heavy atom. The minimum atomic E-state index is -0.810. The lowest BCUT2D eigenvalue weighted by Crippen LogP contribution is -2.50. The number of carbonyl (C=O) groups excluding carboxylic acids is 2. The molecule has 6 nitrogen and oxygen atoms in total. The van der Waals surface area contributed by atoms with Crippen LogP contribution < -0.4 is 22.9 Å². The minimum Gasteiger partial charge on any atom is -0.398 e. The summed E-state index contributed by atoms with van der Waals surface area (Å²) >= 11 is 1.28. The summed E-state index contributed by atoms with van der Waals surface area (Å²) in [5, 5.41) is -0.565. The van der Waals surface area contributed by atoms with Crippen molar-refractivity contribution in [1.82, 2.24) is 0 Å². The number of Topliss-reactive ketones (excluding diaryl/α,β-unsaturated/α-hetero) is 1. The molecule has 1 aliphatic heterocycles. The van der Waals surface area contributed by atoms with Crippen LogP contribution in [0.2, 0.25) is 0 Å². The molecule has 0 aromatic heterocycles. The van der Waals surface area contributed by atoms with Crippen LogP contribution in [0.25, 0.3) is 0 Å². The van der Waals surface area contributed by atoms with E-state index >= 15 is 0 Å². The molecule has 1 heterocycles. The van der Waals surface area contributed by atoms with E-state index < -0.39 is 29.2 Å². The zero-order valence-electron chi connectivity index (χ0n) is 10.00. The number of nitrogens with two attached hydrogens (primary N) is 4. The second-order valence-corrected chi connectivity index (χ2v) is 6.01. The second-order valence-electron chi connectivity index (χ2n) is 4.86. The van der Waals surface area contributed by atoms with Crippen LogP contribution in [-0.2, 0) is 9.59 Å². The van der Waals surface area contributed by atoms with Crippen LogP contribution in [0.4, 0.5) is 5.69 Å². The van der Waals surface area contributed by atoms with E-state index in [2.05, 4.69) is 0 Å². The molecule has 4 atom stereocenters. The highest BCUT2D eigenvalue weighted by Crippen LogP contribution is 2.53. The third kappa shape index (κ3) is 1.52. The number of rotatable bonds is 1. The fraction of sp³-hybridized carbons (Fsp3) is 0.333. The summed E-state index contributed by atoms with van der Waals surface area (Å²) in [4.78, 5) is 24.5. The lowest BCUT2D eigenvalue weighted by Gasteiger charge is -2.32. The molecule has 19 heavy (non-hydrogen) atoms. The predicted octanol–water partition coefficient (Wildman–Crippen LogP) is -0.778. The Balaban J connectivity index is 2.26. The molecule has 0 fully saturated rings. The smallest absolute Gasteiger partial charge is 0.231 e. The van der Waals surface area contributed by atoms with Gasteiger partial charge in [-0.3, -0.25) is 9.59 Å². The van der Waals surface area contributed by atoms with Crippen LogP contribution in [0.1, 0.15) is 23.1 Å². The quantitative estimate of drug-likeness (QED) is 0.497. The topological polar surface area (TPSA) is 138 Å². The maximum Gasteiger partial charge on any atom is 0.231 e. The third-order valence-electron chi connectivity index (χ3n) is 3.80. The van der Waals surface area contributed by atoms with Gasteiger partial charge in [0.05, 0.1) is 17.3 Å². The Labute approximate surface area is 113 Å². The van der Waals surface area contributed by atoms with E-state index in [0.717, 1.165) is 10.5 Å². The van der Waals surface area contributed by atoms with Gasteiger partial charge in [0, 0.05) is 16.5 Å². The Morgan fingerprint density at radius 3 is 2.58 bits per heavy atom. The zero-order chi connectivity index (χ0) is 13.9. The van der Waals surface area contributed by atoms with E-state index in [1.807, 2.05) is 0 Å². The first-order valence-electron chi connectivity index (χ1n) is 5.86. The molecular formula is C12H14N4O2S. The van der Waals surface area contributed by atoms with E-state index in [1.165, 1.54) is 11.8 Å². The molecule has 1 aromatic rings. The summed E-state index contributed by atoms with van der Waals surface area (Å²) in [5.41, 5.74) is 25.3. The lowest BCUT2D eigenvalue weighted by atomic mass is 9.74. The first kappa shape index (κ1) is 12.5. The monoisotopic (exact) mass is 278 g/mol. The van der Waals surface area contributed by atoms with Crippen molar-refractivity contribution in [2.75, 3.05) is 5.73 Å². The van der Waals surface area contributed by atoms with Crippen molar-refractivity contribution in [3.05, 3.63) is 23.3 Å². The van der Waals surface area contributed by atoms with E-state index in [0.29, 0.717) is 11.3 Å². The van der Waals surface area contributed by atoms with Gasteiger partial charge in [-0.05, 0) is 17.2 Å². The van der Waals surface area contributed by atoms with Gasteiger partial charge in [0.2, 0.25) is 5.91 Å². The van der Waals surface area contributed by atoms with E-state index in [9.17, 15) is 9.59 Å². The van der Waals surface area contributed by atoms with Gasteiger partial charge < -0.3 is 22.9 Å². The number of thioether (sulfide) groups is 1. The number of carbonyl (C=O) groups is 2. The molecule has 8 N–H and O–H groups in total. The Kier molecular flexibility index (Phi) is 2.60. The van der Waals surface area contributed by atoms with E-state index in [-0.39, 0.29) is 5.78 Å². The number of ketones is 1. The Morgan fingerprint density at radius 2 is 1.95 bits per heavy atom. The Bertz CT molecular complexity index is 604. The average Bonchev–Trinajstić information content (AvgIpc) is 2.77. The summed E-state index contributed by atoms with van der Waals surface area (Å²) in [6.07, 6.45) is 0. The molecule has 0 saturated carbocycles. The van der Waals surface area contributed by atoms with Crippen LogP contribution in [0.15, 0.2) is 17.0 Å². The number of hydrogen-bond donors (Lipinski definition) is 4. The fourth-order valence-electron chi connectivity index (χ4n) is 2.87. The molecule has 3 rings (SSSR count). The van der Waals surface area contributed by atoms with Gasteiger partial charge in [-0.15, -0.1) is 11.8 Å². The minimum absolute atomic E-state index is 0.262. The van der Waals surface area contributed by atoms with Crippen LogP contribution in [0.5, 0.6) is 0 Å². The second kappa shape index (κ2) is 3.96. The van der Waals surface area contributed by atoms with Gasteiger partial charge in [-0.1, -0.05) is 6.07 Å². The fourth-order valence-corrected chi connectivity index (χ4v) is 4.28. The maximum atomic E-state index is 12.1. The summed E-state index contributed by atoms with van der Waals surface area (Å²) in [6, 6.07) is 1.87. The van der Waals surface area contributed by atoms with Crippen molar-refractivity contribution >= 4 is 29.1 Å². The number of anilines is 1. The number of nitrogen functional groups attached to an aromatic ring is 1. The molecule has 7 heteroatoms. The highest BCUT2D eigenvalue weighted by molar-refractivity contribution is 8.01. The highest BCUT2D eigenvalue weighted by Gasteiger charge is 2.49. The molecule has 0 saturated heterocycles. The number of amides is 1. The summed E-state index contributed by atoms with van der Waals surface area (Å²) in [7, 11) is 0. The van der Waals surface area contributed by atoms with Crippen molar-refractivity contribution in [2.45, 2.75) is 28.1 Å². The van der Waals surface area contributed by atoms with Crippen LogP contribution >= 0.6 is 11.8 Å². The molecule has 0 spiro atoms. The molecule has 0 bridgehead atoms. The molecule has 0 radical (unpaired) electrons. The standard InChI is InChI=1S/C12H14N4O2S/c13-4-2-1-3-5-6(8(15)9(17)7(3)14)11(12(16)18)19-10(4)5/h1-2,6-8,11H,13-15H2,(H2,16,18). The normalized spacial score (nSPS) is 32.2. The molecule has 1 aliphatic carbocycles.